The van der Waals surface area contributed by atoms with Crippen LogP contribution in [0.3, 0.4) is 0 Å². The lowest BCUT2D eigenvalue weighted by Crippen LogP contribution is -2.62. The Morgan fingerprint density at radius 2 is 1.60 bits per heavy atom. The second kappa shape index (κ2) is 10.7. The van der Waals surface area contributed by atoms with Crippen molar-refractivity contribution in [2.75, 3.05) is 40.5 Å². The van der Waals surface area contributed by atoms with Gasteiger partial charge < -0.3 is 24.8 Å². The quantitative estimate of drug-likeness (QED) is 0.638. The van der Waals surface area contributed by atoms with Gasteiger partial charge in [-0.05, 0) is 24.3 Å². The lowest BCUT2D eigenvalue weighted by atomic mass is 10.1. The molecule has 1 saturated heterocycles. The van der Waals surface area contributed by atoms with Gasteiger partial charge in [0.1, 0.15) is 11.9 Å². The van der Waals surface area contributed by atoms with Crippen molar-refractivity contribution in [2.24, 2.45) is 0 Å². The summed E-state index contributed by atoms with van der Waals surface area (Å²) in [6, 6.07) is 15.9. The van der Waals surface area contributed by atoms with Crippen molar-refractivity contribution < 1.29 is 23.8 Å². The highest BCUT2D eigenvalue weighted by molar-refractivity contribution is 5.97. The highest BCUT2D eigenvalue weighted by Crippen LogP contribution is 2.18. The number of morpholine rings is 1. The molecule has 0 aliphatic carbocycles. The fourth-order valence-electron chi connectivity index (χ4n) is 3.33. The number of para-hydroxylation sites is 1. The van der Waals surface area contributed by atoms with Gasteiger partial charge in [-0.1, -0.05) is 30.3 Å². The van der Waals surface area contributed by atoms with Gasteiger partial charge in [0.15, 0.2) is 6.23 Å². The van der Waals surface area contributed by atoms with Gasteiger partial charge in [0.05, 0.1) is 25.9 Å². The van der Waals surface area contributed by atoms with E-state index in [-0.39, 0.29) is 11.8 Å². The Kier molecular flexibility index (Phi) is 7.78. The smallest absolute Gasteiger partial charge is 0.256 e. The molecule has 2 unspecified atom stereocenters. The summed E-state index contributed by atoms with van der Waals surface area (Å²) in [6.07, 6.45) is -1.36. The second-order valence-electron chi connectivity index (χ2n) is 6.76. The standard InChI is InChI=1S/C22H27N3O5/c1-28-18-11-7-6-10-17(18)21(27)23-19(25-12-14-30-15-13-25)22(29-2)24-20(26)16-8-4-3-5-9-16/h3-11,19,22H,12-15H2,1-2H3,(H,23,27)(H,24,26). The number of ether oxygens (including phenoxy) is 3. The van der Waals surface area contributed by atoms with Crippen LogP contribution in [0.5, 0.6) is 5.75 Å². The molecule has 1 fully saturated rings. The minimum atomic E-state index is -0.769. The van der Waals surface area contributed by atoms with Gasteiger partial charge in [0.25, 0.3) is 11.8 Å². The van der Waals surface area contributed by atoms with Crippen LogP contribution >= 0.6 is 0 Å². The number of nitrogens with one attached hydrogen (secondary N) is 2. The van der Waals surface area contributed by atoms with Crippen molar-refractivity contribution in [3.05, 3.63) is 65.7 Å². The Balaban J connectivity index is 1.81. The first-order valence-corrected chi connectivity index (χ1v) is 9.78. The maximum absolute atomic E-state index is 13.0. The van der Waals surface area contributed by atoms with E-state index in [2.05, 4.69) is 10.6 Å². The third-order valence-corrected chi connectivity index (χ3v) is 4.92. The Morgan fingerprint density at radius 3 is 2.27 bits per heavy atom. The van der Waals surface area contributed by atoms with Crippen molar-refractivity contribution in [1.82, 2.24) is 15.5 Å². The van der Waals surface area contributed by atoms with Crippen molar-refractivity contribution in [2.45, 2.75) is 12.4 Å². The summed E-state index contributed by atoms with van der Waals surface area (Å²) in [5, 5.41) is 5.87. The van der Waals surface area contributed by atoms with Crippen LogP contribution in [0, 0.1) is 0 Å². The number of nitrogens with zero attached hydrogens (tertiary/aromatic N) is 1. The van der Waals surface area contributed by atoms with Gasteiger partial charge in [0, 0.05) is 25.8 Å². The first-order chi connectivity index (χ1) is 14.6. The number of hydrogen-bond donors (Lipinski definition) is 2. The Labute approximate surface area is 176 Å². The van der Waals surface area contributed by atoms with Crippen LogP contribution in [-0.2, 0) is 9.47 Å². The minimum absolute atomic E-state index is 0.285. The van der Waals surface area contributed by atoms with Crippen LogP contribution < -0.4 is 15.4 Å². The molecule has 3 rings (SSSR count). The molecule has 160 valence electrons. The molecule has 1 aliphatic heterocycles. The Morgan fingerprint density at radius 1 is 0.933 bits per heavy atom. The van der Waals surface area contributed by atoms with Gasteiger partial charge in [-0.2, -0.15) is 0 Å². The summed E-state index contributed by atoms with van der Waals surface area (Å²) in [5.74, 6) is -0.134. The zero-order chi connectivity index (χ0) is 21.3. The number of methoxy groups -OCH3 is 2. The highest BCUT2D eigenvalue weighted by Gasteiger charge is 2.32. The highest BCUT2D eigenvalue weighted by atomic mass is 16.5. The molecule has 2 aromatic rings. The molecule has 0 bridgehead atoms. The van der Waals surface area contributed by atoms with E-state index in [0.717, 1.165) is 0 Å². The topological polar surface area (TPSA) is 89.1 Å². The average Bonchev–Trinajstić information content (AvgIpc) is 2.82. The molecule has 0 spiro atoms. The molecule has 8 heteroatoms. The number of hydrogen-bond acceptors (Lipinski definition) is 6. The van der Waals surface area contributed by atoms with Gasteiger partial charge in [0.2, 0.25) is 0 Å². The summed E-state index contributed by atoms with van der Waals surface area (Å²) in [4.78, 5) is 27.8. The monoisotopic (exact) mass is 413 g/mol. The molecular formula is C22H27N3O5. The number of carbonyl (C=O) groups is 2. The van der Waals surface area contributed by atoms with Gasteiger partial charge in [-0.25, -0.2) is 0 Å². The van der Waals surface area contributed by atoms with Crippen LogP contribution in [0.25, 0.3) is 0 Å². The van der Waals surface area contributed by atoms with E-state index < -0.39 is 12.4 Å². The fourth-order valence-corrected chi connectivity index (χ4v) is 3.33. The van der Waals surface area contributed by atoms with E-state index in [9.17, 15) is 9.59 Å². The van der Waals surface area contributed by atoms with Crippen LogP contribution in [-0.4, -0.2) is 69.6 Å². The van der Waals surface area contributed by atoms with Gasteiger partial charge >= 0.3 is 0 Å². The second-order valence-corrected chi connectivity index (χ2v) is 6.76. The van der Waals surface area contributed by atoms with E-state index in [1.54, 1.807) is 48.5 Å². The molecule has 1 aliphatic rings. The summed E-state index contributed by atoms with van der Waals surface area (Å²) in [5.41, 5.74) is 0.916. The summed E-state index contributed by atoms with van der Waals surface area (Å²) >= 11 is 0. The molecule has 30 heavy (non-hydrogen) atoms. The summed E-state index contributed by atoms with van der Waals surface area (Å²) in [7, 11) is 3.02. The molecule has 0 radical (unpaired) electrons. The van der Waals surface area contributed by atoms with E-state index in [0.29, 0.717) is 43.2 Å². The largest absolute Gasteiger partial charge is 0.496 e. The predicted octanol–water partition coefficient (Wildman–Crippen LogP) is 1.49. The molecule has 2 N–H and O–H groups in total. The molecule has 2 atom stereocenters. The molecule has 1 heterocycles. The van der Waals surface area contributed by atoms with Crippen LogP contribution in [0.15, 0.2) is 54.6 Å². The Hall–Kier alpha value is -2.94. The molecule has 2 aromatic carbocycles. The van der Waals surface area contributed by atoms with Gasteiger partial charge in [-0.3, -0.25) is 14.5 Å². The minimum Gasteiger partial charge on any atom is -0.496 e. The zero-order valence-electron chi connectivity index (χ0n) is 17.2. The van der Waals surface area contributed by atoms with Gasteiger partial charge in [-0.15, -0.1) is 0 Å². The lowest BCUT2D eigenvalue weighted by Gasteiger charge is -2.38. The molecule has 0 saturated carbocycles. The number of rotatable bonds is 8. The van der Waals surface area contributed by atoms with Crippen LogP contribution in [0.1, 0.15) is 20.7 Å². The van der Waals surface area contributed by atoms with E-state index in [1.165, 1.54) is 14.2 Å². The van der Waals surface area contributed by atoms with E-state index >= 15 is 0 Å². The number of carbonyl (C=O) groups excluding carboxylic acids is 2. The maximum Gasteiger partial charge on any atom is 0.256 e. The van der Waals surface area contributed by atoms with Crippen molar-refractivity contribution in [3.8, 4) is 5.75 Å². The Bertz CT molecular complexity index is 840. The molecule has 2 amide bonds. The lowest BCUT2D eigenvalue weighted by molar-refractivity contribution is -0.0525. The summed E-state index contributed by atoms with van der Waals surface area (Å²) in [6.45, 7) is 2.25. The molecule has 8 nitrogen and oxygen atoms in total. The first-order valence-electron chi connectivity index (χ1n) is 9.78. The average molecular weight is 413 g/mol. The zero-order valence-corrected chi connectivity index (χ0v) is 17.2. The number of amides is 2. The first kappa shape index (κ1) is 21.8. The maximum atomic E-state index is 13.0. The van der Waals surface area contributed by atoms with Crippen molar-refractivity contribution in [3.63, 3.8) is 0 Å². The van der Waals surface area contributed by atoms with Crippen LogP contribution in [0.4, 0.5) is 0 Å². The molecule has 0 aromatic heterocycles. The summed E-state index contributed by atoms with van der Waals surface area (Å²) < 4.78 is 16.3. The van der Waals surface area contributed by atoms with Crippen molar-refractivity contribution >= 4 is 11.8 Å². The SMILES string of the molecule is COc1ccccc1C(=O)NC(C(NC(=O)c1ccccc1)OC)N1CCOCC1. The third-order valence-electron chi connectivity index (χ3n) is 4.92. The van der Waals surface area contributed by atoms with E-state index in [4.69, 9.17) is 14.2 Å². The fraction of sp³-hybridized carbons (Fsp3) is 0.364. The number of benzene rings is 2. The molecular weight excluding hydrogens is 386 g/mol. The van der Waals surface area contributed by atoms with E-state index in [1.807, 2.05) is 11.0 Å². The third kappa shape index (κ3) is 5.35. The van der Waals surface area contributed by atoms with Crippen molar-refractivity contribution in [1.29, 1.82) is 0 Å². The normalized spacial score (nSPS) is 16.3. The predicted molar refractivity (Wildman–Crippen MR) is 111 cm³/mol. The van der Waals surface area contributed by atoms with Crippen LogP contribution in [0.2, 0.25) is 0 Å².